The Morgan fingerprint density at radius 3 is 2.62 bits per heavy atom. The molecule has 5 heterocycles. The van der Waals surface area contributed by atoms with Gasteiger partial charge in [-0.1, -0.05) is 36.4 Å². The lowest BCUT2D eigenvalue weighted by atomic mass is 10.0. The van der Waals surface area contributed by atoms with Gasteiger partial charge < -0.3 is 25.4 Å². The Morgan fingerprint density at radius 2 is 1.80 bits per heavy atom. The summed E-state index contributed by atoms with van der Waals surface area (Å²) in [4.78, 5) is 68.2. The van der Waals surface area contributed by atoms with Crippen molar-refractivity contribution in [2.75, 3.05) is 38.3 Å². The average Bonchev–Trinajstić information content (AvgIpc) is 3.65. The fourth-order valence-corrected chi connectivity index (χ4v) is 8.55. The Balaban J connectivity index is 0.792. The summed E-state index contributed by atoms with van der Waals surface area (Å²) in [5.41, 5.74) is 6.38. The molecule has 15 heteroatoms. The maximum atomic E-state index is 13.1. The summed E-state index contributed by atoms with van der Waals surface area (Å²) in [7, 11) is 1.67. The van der Waals surface area contributed by atoms with E-state index in [4.69, 9.17) is 14.5 Å². The van der Waals surface area contributed by atoms with Crippen LogP contribution in [0.1, 0.15) is 46.6 Å². The molecule has 1 unspecified atom stereocenters. The molecule has 0 aliphatic carbocycles. The van der Waals surface area contributed by atoms with E-state index in [1.165, 1.54) is 20.5 Å². The molecule has 288 valence electrons. The van der Waals surface area contributed by atoms with Gasteiger partial charge in [0.1, 0.15) is 17.5 Å². The van der Waals surface area contributed by atoms with Crippen LogP contribution in [0.4, 0.5) is 5.69 Å². The second-order valence-electron chi connectivity index (χ2n) is 14.1. The third-order valence-electron chi connectivity index (χ3n) is 10.3. The summed E-state index contributed by atoms with van der Waals surface area (Å²) >= 11 is 1.49. The van der Waals surface area contributed by atoms with Gasteiger partial charge in [-0.05, 0) is 61.2 Å². The number of carbonyl (C=O) groups excluding carboxylic acids is 4. The summed E-state index contributed by atoms with van der Waals surface area (Å²) in [6.07, 6.45) is 0.983. The van der Waals surface area contributed by atoms with Gasteiger partial charge in [-0.2, -0.15) is 0 Å². The minimum Gasteiger partial charge on any atom is -0.381 e. The Morgan fingerprint density at radius 1 is 0.982 bits per heavy atom. The zero-order valence-electron chi connectivity index (χ0n) is 31.0. The van der Waals surface area contributed by atoms with Crippen LogP contribution >= 0.6 is 11.3 Å². The van der Waals surface area contributed by atoms with E-state index in [2.05, 4.69) is 27.3 Å². The minimum atomic E-state index is -0.740. The number of hydrogen-bond donors (Lipinski definition) is 4. The number of anilines is 1. The number of nitrogens with zero attached hydrogens (tertiary/aromatic N) is 3. The quantitative estimate of drug-likeness (QED) is 0.105. The minimum absolute atomic E-state index is 0.0384. The van der Waals surface area contributed by atoms with Crippen LogP contribution < -0.4 is 27.0 Å². The molecule has 3 aromatic carbocycles. The highest BCUT2D eigenvalue weighted by Crippen LogP contribution is 2.41. The third kappa shape index (κ3) is 7.28. The maximum absolute atomic E-state index is 13.1. The van der Waals surface area contributed by atoms with Gasteiger partial charge in [-0.25, -0.2) is 9.78 Å². The number of amides is 4. The van der Waals surface area contributed by atoms with Crippen molar-refractivity contribution < 1.29 is 28.7 Å². The summed E-state index contributed by atoms with van der Waals surface area (Å²) in [5.74, 6) is -1.09. The highest BCUT2D eigenvalue weighted by atomic mass is 32.1. The van der Waals surface area contributed by atoms with E-state index >= 15 is 0 Å². The SMILES string of the molecule is C[C@@H]1CNc2c(sc3ccc4nc(-c5ccc(CNC(=O)COCCOCCc6cccc7c6n(C)c(=O)n7C6CCC(=O)NC6=O)cc5)ccc4c23)C(=O)N1. The number of carbonyl (C=O) groups is 4. The van der Waals surface area contributed by atoms with Gasteiger partial charge in [0.05, 0.1) is 47.8 Å². The molecular formula is C41H41N7O7S. The lowest BCUT2D eigenvalue weighted by Gasteiger charge is -2.21. The van der Waals surface area contributed by atoms with Crippen LogP contribution in [0, 0.1) is 0 Å². The molecular weight excluding hydrogens is 735 g/mol. The molecule has 0 saturated carbocycles. The van der Waals surface area contributed by atoms with Gasteiger partial charge in [0, 0.05) is 53.6 Å². The van der Waals surface area contributed by atoms with Crippen molar-refractivity contribution in [1.82, 2.24) is 30.1 Å². The first kappa shape index (κ1) is 37.0. The Kier molecular flexibility index (Phi) is 10.4. The molecule has 3 aromatic heterocycles. The molecule has 2 aliphatic rings. The number of aromatic nitrogens is 3. The van der Waals surface area contributed by atoms with Gasteiger partial charge in [-0.3, -0.25) is 33.6 Å². The molecule has 4 amide bonds. The fraction of sp³-hybridized carbons (Fsp3) is 0.317. The summed E-state index contributed by atoms with van der Waals surface area (Å²) in [6.45, 7) is 3.79. The maximum Gasteiger partial charge on any atom is 0.329 e. The van der Waals surface area contributed by atoms with E-state index in [0.717, 1.165) is 54.6 Å². The lowest BCUT2D eigenvalue weighted by Crippen LogP contribution is -2.44. The number of ether oxygens (including phenoxy) is 2. The van der Waals surface area contributed by atoms with Crippen LogP contribution in [0.3, 0.4) is 0 Å². The number of para-hydroxylation sites is 1. The fourth-order valence-electron chi connectivity index (χ4n) is 7.45. The van der Waals surface area contributed by atoms with Crippen LogP contribution in [0.15, 0.2) is 71.5 Å². The Bertz CT molecular complexity index is 2580. The average molecular weight is 776 g/mol. The molecule has 2 atom stereocenters. The molecule has 6 aromatic rings. The molecule has 1 saturated heterocycles. The number of aryl methyl sites for hydroxylation is 1. The number of fused-ring (bicyclic) bond motifs is 6. The molecule has 0 bridgehead atoms. The number of thiophene rings is 1. The number of benzene rings is 3. The highest BCUT2D eigenvalue weighted by molar-refractivity contribution is 7.21. The molecule has 8 rings (SSSR count). The lowest BCUT2D eigenvalue weighted by molar-refractivity contribution is -0.135. The van der Waals surface area contributed by atoms with Crippen LogP contribution in [0.2, 0.25) is 0 Å². The van der Waals surface area contributed by atoms with Crippen LogP contribution in [-0.2, 0) is 43.9 Å². The first-order valence-electron chi connectivity index (χ1n) is 18.6. The van der Waals surface area contributed by atoms with Gasteiger partial charge in [0.25, 0.3) is 5.91 Å². The van der Waals surface area contributed by atoms with E-state index in [1.807, 2.05) is 61.5 Å². The standard InChI is InChI=1S/C41H41N7O7S/c1-23-20-43-36-35-27-10-11-28(45-29(27)12-14-32(35)56-38(36)40(52)44-23)25-8-6-24(7-9-25)21-42-34(50)22-55-19-18-54-17-16-26-4-3-5-30-37(26)47(2)41(53)48(30)31-13-15-33(49)46-39(31)51/h3-12,14,23,31,43H,13,15-22H2,1-2H3,(H,42,50)(H,44,52)(H,46,49,51)/t23-,31?/m1/s1. The van der Waals surface area contributed by atoms with E-state index in [-0.39, 0.29) is 62.1 Å². The zero-order valence-corrected chi connectivity index (χ0v) is 31.8. The summed E-state index contributed by atoms with van der Waals surface area (Å²) in [5, 5.41) is 13.7. The summed E-state index contributed by atoms with van der Waals surface area (Å²) < 4.78 is 15.3. The van der Waals surface area contributed by atoms with Gasteiger partial charge in [0.15, 0.2) is 0 Å². The Hall–Kier alpha value is -5.90. The predicted octanol–water partition coefficient (Wildman–Crippen LogP) is 4.18. The molecule has 0 spiro atoms. The van der Waals surface area contributed by atoms with Gasteiger partial charge in [-0.15, -0.1) is 11.3 Å². The largest absolute Gasteiger partial charge is 0.381 e. The zero-order chi connectivity index (χ0) is 38.9. The van der Waals surface area contributed by atoms with Crippen molar-refractivity contribution in [2.24, 2.45) is 7.05 Å². The number of piperidine rings is 1. The van der Waals surface area contributed by atoms with E-state index < -0.39 is 11.9 Å². The Labute approximate surface area is 325 Å². The number of hydrogen-bond acceptors (Lipinski definition) is 10. The number of nitrogens with one attached hydrogen (secondary N) is 4. The molecule has 4 N–H and O–H groups in total. The summed E-state index contributed by atoms with van der Waals surface area (Å²) in [6, 6.07) is 20.8. The highest BCUT2D eigenvalue weighted by Gasteiger charge is 2.31. The molecule has 56 heavy (non-hydrogen) atoms. The monoisotopic (exact) mass is 775 g/mol. The van der Waals surface area contributed by atoms with Crippen LogP contribution in [0.5, 0.6) is 0 Å². The molecule has 14 nitrogen and oxygen atoms in total. The van der Waals surface area contributed by atoms with Crippen molar-refractivity contribution >= 4 is 72.7 Å². The smallest absolute Gasteiger partial charge is 0.329 e. The van der Waals surface area contributed by atoms with E-state index in [1.54, 1.807) is 13.1 Å². The van der Waals surface area contributed by atoms with Crippen molar-refractivity contribution in [3.8, 4) is 11.3 Å². The molecule has 2 aliphatic heterocycles. The van der Waals surface area contributed by atoms with Gasteiger partial charge >= 0.3 is 5.69 Å². The second kappa shape index (κ2) is 15.7. The van der Waals surface area contributed by atoms with Crippen molar-refractivity contribution in [1.29, 1.82) is 0 Å². The number of imide groups is 1. The predicted molar refractivity (Wildman–Crippen MR) is 214 cm³/mol. The molecule has 1 fully saturated rings. The third-order valence-corrected chi connectivity index (χ3v) is 11.4. The van der Waals surface area contributed by atoms with Crippen molar-refractivity contribution in [3.63, 3.8) is 0 Å². The second-order valence-corrected chi connectivity index (χ2v) is 15.2. The normalized spacial score (nSPS) is 17.1. The topological polar surface area (TPSA) is 175 Å². The van der Waals surface area contributed by atoms with Crippen molar-refractivity contribution in [3.05, 3.63) is 93.2 Å². The van der Waals surface area contributed by atoms with Crippen LogP contribution in [0.25, 0.3) is 43.3 Å². The molecule has 0 radical (unpaired) electrons. The van der Waals surface area contributed by atoms with Gasteiger partial charge in [0.2, 0.25) is 17.7 Å². The van der Waals surface area contributed by atoms with Crippen LogP contribution in [-0.4, -0.2) is 76.8 Å². The van der Waals surface area contributed by atoms with Crippen molar-refractivity contribution in [2.45, 2.75) is 44.8 Å². The number of pyridine rings is 1. The number of rotatable bonds is 12. The van der Waals surface area contributed by atoms with E-state index in [0.29, 0.717) is 36.5 Å². The first-order chi connectivity index (χ1) is 27.2. The first-order valence-corrected chi connectivity index (χ1v) is 19.4. The van der Waals surface area contributed by atoms with E-state index in [9.17, 15) is 24.0 Å². The number of imidazole rings is 1.